The van der Waals surface area contributed by atoms with Gasteiger partial charge in [0.1, 0.15) is 22.8 Å². The first-order valence-electron chi connectivity index (χ1n) is 13.4. The Bertz CT molecular complexity index is 1750. The van der Waals surface area contributed by atoms with Gasteiger partial charge in [-0.15, -0.1) is 0 Å². The van der Waals surface area contributed by atoms with Crippen LogP contribution in [0.2, 0.25) is 0 Å². The highest BCUT2D eigenvalue weighted by Gasteiger charge is 2.33. The number of morpholine rings is 1. The fourth-order valence-electron chi connectivity index (χ4n) is 4.92. The van der Waals surface area contributed by atoms with Crippen molar-refractivity contribution in [2.75, 3.05) is 31.6 Å². The highest BCUT2D eigenvalue weighted by molar-refractivity contribution is 7.90. The molecule has 1 saturated heterocycles. The molecule has 2 aromatic heterocycles. The summed E-state index contributed by atoms with van der Waals surface area (Å²) in [6.45, 7) is 2.52. The first-order chi connectivity index (χ1) is 20.3. The van der Waals surface area contributed by atoms with Gasteiger partial charge < -0.3 is 19.8 Å². The van der Waals surface area contributed by atoms with Gasteiger partial charge in [-0.1, -0.05) is 12.1 Å². The van der Waals surface area contributed by atoms with Gasteiger partial charge in [-0.05, 0) is 49.2 Å². The van der Waals surface area contributed by atoms with Gasteiger partial charge in [-0.2, -0.15) is 0 Å². The maximum Gasteiger partial charge on any atom is 0.293 e. The second-order valence-electron chi connectivity index (χ2n) is 10.2. The van der Waals surface area contributed by atoms with E-state index in [1.807, 2.05) is 10.8 Å². The number of H-pyrrole nitrogens is 1. The zero-order chi connectivity index (χ0) is 29.3. The molecule has 42 heavy (non-hydrogen) atoms. The molecule has 2 fully saturated rings. The number of nitrogens with one attached hydrogen (secondary N) is 3. The number of sulfonamides is 1. The number of aromatic amines is 1. The number of ether oxygens (including phenoxy) is 2. The molecule has 1 aliphatic carbocycles. The molecule has 3 heterocycles. The molecule has 14 heteroatoms. The highest BCUT2D eigenvalue weighted by atomic mass is 32.2. The lowest BCUT2D eigenvalue weighted by Gasteiger charge is -2.33. The topological polar surface area (TPSA) is 169 Å². The van der Waals surface area contributed by atoms with E-state index in [0.29, 0.717) is 30.6 Å². The molecule has 1 unspecified atom stereocenters. The van der Waals surface area contributed by atoms with Crippen LogP contribution in [-0.2, 0) is 14.8 Å². The summed E-state index contributed by atoms with van der Waals surface area (Å²) in [6, 6.07) is 13.7. The molecule has 3 N–H and O–H groups in total. The fourth-order valence-corrected chi connectivity index (χ4v) is 5.91. The third-order valence-corrected chi connectivity index (χ3v) is 8.52. The van der Waals surface area contributed by atoms with Crippen LogP contribution in [0.1, 0.15) is 23.2 Å². The minimum absolute atomic E-state index is 0.0456. The van der Waals surface area contributed by atoms with Crippen molar-refractivity contribution in [1.29, 1.82) is 0 Å². The third kappa shape index (κ3) is 6.05. The number of rotatable bonds is 10. The molecule has 2 aromatic carbocycles. The zero-order valence-corrected chi connectivity index (χ0v) is 23.2. The Morgan fingerprint density at radius 1 is 1.19 bits per heavy atom. The van der Waals surface area contributed by atoms with Crippen molar-refractivity contribution in [1.82, 2.24) is 19.6 Å². The summed E-state index contributed by atoms with van der Waals surface area (Å²) in [6.07, 6.45) is 5.41. The van der Waals surface area contributed by atoms with Gasteiger partial charge in [0.15, 0.2) is 0 Å². The van der Waals surface area contributed by atoms with Crippen LogP contribution in [0.4, 0.5) is 11.4 Å². The molecular weight excluding hydrogens is 564 g/mol. The van der Waals surface area contributed by atoms with Crippen LogP contribution in [0.25, 0.3) is 11.0 Å². The molecule has 1 amide bonds. The minimum atomic E-state index is -4.47. The molecule has 13 nitrogen and oxygen atoms in total. The van der Waals surface area contributed by atoms with E-state index in [1.165, 1.54) is 43.3 Å². The Hall–Kier alpha value is -4.53. The van der Waals surface area contributed by atoms with E-state index < -0.39 is 31.4 Å². The number of para-hydroxylation sites is 1. The van der Waals surface area contributed by atoms with E-state index in [-0.39, 0.29) is 23.1 Å². The van der Waals surface area contributed by atoms with Crippen LogP contribution in [0.15, 0.2) is 71.9 Å². The van der Waals surface area contributed by atoms with Gasteiger partial charge in [-0.25, -0.2) is 18.1 Å². The Morgan fingerprint density at radius 2 is 2.02 bits per heavy atom. The van der Waals surface area contributed by atoms with Gasteiger partial charge in [0.25, 0.3) is 21.6 Å². The quantitative estimate of drug-likeness (QED) is 0.182. The fraction of sp³-hybridized carbons (Fsp3) is 0.286. The summed E-state index contributed by atoms with van der Waals surface area (Å²) >= 11 is 0. The number of nitro benzene ring substituents is 1. The SMILES string of the molecule is O=C(NS(=O)(=O)c1ccc(NCC2CN(C3CC3)CCO2)c([N+](=O)[O-])c1)c1ccccc1Oc1cnc2[nH]ccc2c1. The maximum atomic E-state index is 13.1. The Kier molecular flexibility index (Phi) is 7.49. The van der Waals surface area contributed by atoms with E-state index in [1.54, 1.807) is 24.4 Å². The van der Waals surface area contributed by atoms with Gasteiger partial charge in [0.2, 0.25) is 0 Å². The van der Waals surface area contributed by atoms with Crippen LogP contribution in [0.3, 0.4) is 0 Å². The third-order valence-electron chi connectivity index (χ3n) is 7.19. The molecular formula is C28H28N6O7S. The van der Waals surface area contributed by atoms with Crippen LogP contribution in [0, 0.1) is 10.1 Å². The van der Waals surface area contributed by atoms with Gasteiger partial charge in [0, 0.05) is 43.3 Å². The van der Waals surface area contributed by atoms with Crippen molar-refractivity contribution in [3.63, 3.8) is 0 Å². The molecule has 1 atom stereocenters. The van der Waals surface area contributed by atoms with Crippen molar-refractivity contribution in [3.05, 3.63) is 82.7 Å². The highest BCUT2D eigenvalue weighted by Crippen LogP contribution is 2.31. The Balaban J connectivity index is 1.16. The standard InChI is InChI=1S/C28H28N6O7S/c35-28(23-3-1-2-4-26(23)41-20-13-18-9-10-29-27(18)31-15-20)32-42(38,39)22-7-8-24(25(14-22)34(36)37)30-16-21-17-33(11-12-40-21)19-5-6-19/h1-4,7-10,13-15,19,21,30H,5-6,11-12,16-17H2,(H,29,31)(H,32,35). The molecule has 0 spiro atoms. The number of nitrogens with zero attached hydrogens (tertiary/aromatic N) is 3. The summed E-state index contributed by atoms with van der Waals surface area (Å²) in [5, 5.41) is 15.7. The lowest BCUT2D eigenvalue weighted by molar-refractivity contribution is -0.384. The van der Waals surface area contributed by atoms with Crippen LogP contribution < -0.4 is 14.8 Å². The number of carbonyl (C=O) groups excluding carboxylic acids is 1. The van der Waals surface area contributed by atoms with Gasteiger partial charge in [0.05, 0.1) is 34.3 Å². The normalized spacial score (nSPS) is 17.6. The number of fused-ring (bicyclic) bond motifs is 1. The lowest BCUT2D eigenvalue weighted by Crippen LogP contribution is -2.46. The van der Waals surface area contributed by atoms with Crippen molar-refractivity contribution < 1.29 is 27.6 Å². The van der Waals surface area contributed by atoms with Gasteiger partial charge >= 0.3 is 0 Å². The zero-order valence-electron chi connectivity index (χ0n) is 22.4. The number of amides is 1. The second kappa shape index (κ2) is 11.4. The van der Waals surface area contributed by atoms with Crippen LogP contribution in [-0.4, -0.2) is 72.5 Å². The summed E-state index contributed by atoms with van der Waals surface area (Å²) in [4.78, 5) is 33.4. The molecule has 1 saturated carbocycles. The number of pyridine rings is 1. The molecule has 218 valence electrons. The average molecular weight is 593 g/mol. The Labute approximate surface area is 241 Å². The molecule has 0 bridgehead atoms. The summed E-state index contributed by atoms with van der Waals surface area (Å²) < 4.78 is 39.9. The molecule has 2 aliphatic rings. The summed E-state index contributed by atoms with van der Waals surface area (Å²) in [7, 11) is -4.47. The summed E-state index contributed by atoms with van der Waals surface area (Å²) in [5.74, 6) is -0.499. The van der Waals surface area contributed by atoms with Crippen molar-refractivity contribution >= 4 is 38.3 Å². The largest absolute Gasteiger partial charge is 0.455 e. The van der Waals surface area contributed by atoms with Crippen molar-refractivity contribution in [2.45, 2.75) is 29.9 Å². The van der Waals surface area contributed by atoms with E-state index in [0.717, 1.165) is 24.5 Å². The van der Waals surface area contributed by atoms with Crippen LogP contribution in [0.5, 0.6) is 11.5 Å². The number of aromatic nitrogens is 2. The van der Waals surface area contributed by atoms with Gasteiger partial charge in [-0.3, -0.25) is 19.8 Å². The maximum absolute atomic E-state index is 13.1. The second-order valence-corrected chi connectivity index (χ2v) is 11.8. The predicted octanol–water partition coefficient (Wildman–Crippen LogP) is 3.66. The molecule has 6 rings (SSSR count). The van der Waals surface area contributed by atoms with E-state index >= 15 is 0 Å². The number of benzene rings is 2. The number of hydrogen-bond acceptors (Lipinski definition) is 10. The average Bonchev–Trinajstić information content (AvgIpc) is 3.73. The number of nitro groups is 1. The molecule has 4 aromatic rings. The van der Waals surface area contributed by atoms with Crippen molar-refractivity contribution in [2.24, 2.45) is 0 Å². The number of anilines is 1. The first-order valence-corrected chi connectivity index (χ1v) is 14.9. The minimum Gasteiger partial charge on any atom is -0.455 e. The van der Waals surface area contributed by atoms with E-state index in [2.05, 4.69) is 20.2 Å². The number of carbonyl (C=O) groups is 1. The lowest BCUT2D eigenvalue weighted by atomic mass is 10.2. The predicted molar refractivity (Wildman–Crippen MR) is 153 cm³/mol. The first kappa shape index (κ1) is 27.6. The summed E-state index contributed by atoms with van der Waals surface area (Å²) in [5.41, 5.74) is 0.341. The number of hydrogen-bond donors (Lipinski definition) is 3. The molecule has 0 radical (unpaired) electrons. The van der Waals surface area contributed by atoms with E-state index in [9.17, 15) is 23.3 Å². The monoisotopic (exact) mass is 592 g/mol. The van der Waals surface area contributed by atoms with Crippen LogP contribution >= 0.6 is 0 Å². The van der Waals surface area contributed by atoms with Crippen molar-refractivity contribution in [3.8, 4) is 11.5 Å². The Morgan fingerprint density at radius 3 is 2.83 bits per heavy atom. The van der Waals surface area contributed by atoms with E-state index in [4.69, 9.17) is 9.47 Å². The smallest absolute Gasteiger partial charge is 0.293 e. The molecule has 1 aliphatic heterocycles.